The Morgan fingerprint density at radius 3 is 2.58 bits per heavy atom. The number of benzene rings is 1. The van der Waals surface area contributed by atoms with E-state index in [0.29, 0.717) is 15.3 Å². The molecule has 0 saturated heterocycles. The highest BCUT2D eigenvalue weighted by molar-refractivity contribution is 14.1. The summed E-state index contributed by atoms with van der Waals surface area (Å²) in [4.78, 5) is 23.0. The van der Waals surface area contributed by atoms with Crippen LogP contribution in [0.25, 0.3) is 0 Å². The van der Waals surface area contributed by atoms with Crippen molar-refractivity contribution in [2.45, 2.75) is 6.92 Å². The Morgan fingerprint density at radius 2 is 2.00 bits per heavy atom. The molecule has 0 aliphatic carbocycles. The normalized spacial score (nSPS) is 10.0. The fourth-order valence-corrected chi connectivity index (χ4v) is 2.13. The van der Waals surface area contributed by atoms with Crippen molar-refractivity contribution in [3.05, 3.63) is 49.8 Å². The summed E-state index contributed by atoms with van der Waals surface area (Å²) < 4.78 is 0.375. The van der Waals surface area contributed by atoms with Crippen LogP contribution in [0.4, 0.5) is 11.6 Å². The molecule has 0 spiro atoms. The van der Waals surface area contributed by atoms with Crippen LogP contribution in [0, 0.1) is 20.7 Å². The summed E-state index contributed by atoms with van der Waals surface area (Å²) in [5.41, 5.74) is 1.23. The van der Waals surface area contributed by atoms with Gasteiger partial charge < -0.3 is 5.32 Å². The highest BCUT2D eigenvalue weighted by Crippen LogP contribution is 2.24. The van der Waals surface area contributed by atoms with Crippen LogP contribution in [0.3, 0.4) is 0 Å². The molecule has 0 unspecified atom stereocenters. The molecule has 1 aromatic carbocycles. The summed E-state index contributed by atoms with van der Waals surface area (Å²) in [7, 11) is 0. The molecule has 2 aromatic rings. The number of nitrogens with zero attached hydrogens (tertiary/aromatic N) is 3. The Hall–Kier alpha value is -1.97. The Labute approximate surface area is 122 Å². The van der Waals surface area contributed by atoms with Crippen molar-refractivity contribution in [3.8, 4) is 5.75 Å². The molecule has 8 heteroatoms. The molecular formula is C11H9IN4O3. The lowest BCUT2D eigenvalue weighted by molar-refractivity contribution is -0.711. The first-order chi connectivity index (χ1) is 9.06. The minimum atomic E-state index is -0.877. The first-order valence-electron chi connectivity index (χ1n) is 5.25. The number of halogens is 1. The van der Waals surface area contributed by atoms with Gasteiger partial charge in [-0.3, -0.25) is 4.84 Å². The second-order valence-electron chi connectivity index (χ2n) is 3.56. The zero-order chi connectivity index (χ0) is 13.8. The Bertz CT molecular complexity index is 583. The maximum absolute atomic E-state index is 10.4. The summed E-state index contributed by atoms with van der Waals surface area (Å²) in [5, 5.41) is 12.5. The summed E-state index contributed by atoms with van der Waals surface area (Å²) in [6.45, 7) is 1.62. The Morgan fingerprint density at radius 1 is 1.32 bits per heavy atom. The summed E-state index contributed by atoms with van der Waals surface area (Å²) in [5.74, 6) is 0.424. The molecular weight excluding hydrogens is 363 g/mol. The molecule has 0 atom stereocenters. The van der Waals surface area contributed by atoms with Crippen molar-refractivity contribution in [3.63, 3.8) is 0 Å². The minimum absolute atomic E-state index is 0.0595. The van der Waals surface area contributed by atoms with E-state index in [9.17, 15) is 10.1 Å². The fourth-order valence-electron chi connectivity index (χ4n) is 1.41. The monoisotopic (exact) mass is 372 g/mol. The van der Waals surface area contributed by atoms with Crippen LogP contribution in [0.1, 0.15) is 5.69 Å². The van der Waals surface area contributed by atoms with Gasteiger partial charge in [0.2, 0.25) is 5.95 Å². The van der Waals surface area contributed by atoms with Crippen LogP contribution in [0.15, 0.2) is 30.3 Å². The third-order valence-electron chi connectivity index (χ3n) is 2.19. The van der Waals surface area contributed by atoms with E-state index < -0.39 is 5.09 Å². The molecule has 1 aromatic heterocycles. The van der Waals surface area contributed by atoms with Crippen molar-refractivity contribution in [1.82, 2.24) is 9.97 Å². The van der Waals surface area contributed by atoms with E-state index in [1.54, 1.807) is 6.92 Å². The van der Waals surface area contributed by atoms with Crippen LogP contribution < -0.4 is 10.2 Å². The highest BCUT2D eigenvalue weighted by atomic mass is 127. The van der Waals surface area contributed by atoms with E-state index in [0.717, 1.165) is 5.69 Å². The van der Waals surface area contributed by atoms with Crippen LogP contribution in [0.2, 0.25) is 0 Å². The molecule has 0 bridgehead atoms. The largest absolute Gasteiger partial charge is 0.324 e. The third-order valence-corrected chi connectivity index (χ3v) is 2.92. The molecule has 2 rings (SSSR count). The van der Waals surface area contributed by atoms with Crippen molar-refractivity contribution in [2.24, 2.45) is 0 Å². The van der Waals surface area contributed by atoms with Gasteiger partial charge in [-0.1, -0.05) is 18.2 Å². The predicted octanol–water partition coefficient (Wildman–Crippen LogP) is 2.70. The topological polar surface area (TPSA) is 90.2 Å². The standard InChI is InChI=1S/C11H9IN4O3/c1-7-9(19-16(17)18)10(12)15-11(13-7)14-8-5-3-2-4-6-8/h2-6H,1H3,(H,13,14,15). The number of para-hydroxylation sites is 1. The van der Waals surface area contributed by atoms with Gasteiger partial charge in [-0.2, -0.15) is 0 Å². The Kier molecular flexibility index (Phi) is 4.10. The third kappa shape index (κ3) is 3.50. The minimum Gasteiger partial charge on any atom is -0.324 e. The van der Waals surface area contributed by atoms with Gasteiger partial charge in [0.05, 0.1) is 5.69 Å². The highest BCUT2D eigenvalue weighted by Gasteiger charge is 2.13. The first kappa shape index (κ1) is 13.5. The van der Waals surface area contributed by atoms with Crippen LogP contribution >= 0.6 is 22.6 Å². The SMILES string of the molecule is Cc1nc(Nc2ccccc2)nc(I)c1O[N+](=O)[O-]. The molecule has 0 aliphatic rings. The summed E-state index contributed by atoms with van der Waals surface area (Å²) in [6, 6.07) is 9.39. The number of anilines is 2. The number of hydrogen-bond donors (Lipinski definition) is 1. The van der Waals surface area contributed by atoms with E-state index in [4.69, 9.17) is 0 Å². The Balaban J connectivity index is 2.27. The molecule has 1 heterocycles. The summed E-state index contributed by atoms with van der Waals surface area (Å²) >= 11 is 1.87. The van der Waals surface area contributed by atoms with E-state index in [1.165, 1.54) is 0 Å². The van der Waals surface area contributed by atoms with Gasteiger partial charge in [0.25, 0.3) is 5.09 Å². The number of aryl methyl sites for hydroxylation is 1. The maximum atomic E-state index is 10.4. The number of aromatic nitrogens is 2. The average Bonchev–Trinajstić information content (AvgIpc) is 2.35. The van der Waals surface area contributed by atoms with Crippen LogP contribution in [0.5, 0.6) is 5.75 Å². The molecule has 0 radical (unpaired) electrons. The number of hydrogen-bond acceptors (Lipinski definition) is 6. The second kappa shape index (κ2) is 5.78. The molecule has 7 nitrogen and oxygen atoms in total. The zero-order valence-electron chi connectivity index (χ0n) is 9.83. The molecule has 98 valence electrons. The van der Waals surface area contributed by atoms with Gasteiger partial charge in [-0.15, -0.1) is 10.1 Å². The number of nitrogens with one attached hydrogen (secondary N) is 1. The zero-order valence-corrected chi connectivity index (χ0v) is 12.0. The molecule has 1 N–H and O–H groups in total. The predicted molar refractivity (Wildman–Crippen MR) is 76.8 cm³/mol. The van der Waals surface area contributed by atoms with E-state index in [2.05, 4.69) is 20.1 Å². The van der Waals surface area contributed by atoms with Gasteiger partial charge in [0.15, 0.2) is 5.75 Å². The lowest BCUT2D eigenvalue weighted by atomic mass is 10.3. The molecule has 0 fully saturated rings. The second-order valence-corrected chi connectivity index (χ2v) is 4.58. The molecule has 0 amide bonds. The van der Waals surface area contributed by atoms with Crippen molar-refractivity contribution < 1.29 is 9.92 Å². The van der Waals surface area contributed by atoms with E-state index in [1.807, 2.05) is 52.9 Å². The van der Waals surface area contributed by atoms with Crippen molar-refractivity contribution >= 4 is 34.2 Å². The molecule has 0 aliphatic heterocycles. The van der Waals surface area contributed by atoms with Gasteiger partial charge in [0.1, 0.15) is 3.70 Å². The van der Waals surface area contributed by atoms with Crippen LogP contribution in [-0.4, -0.2) is 15.1 Å². The van der Waals surface area contributed by atoms with E-state index >= 15 is 0 Å². The average molecular weight is 372 g/mol. The maximum Gasteiger partial charge on any atom is 0.299 e. The van der Waals surface area contributed by atoms with Crippen molar-refractivity contribution in [2.75, 3.05) is 5.32 Å². The first-order valence-corrected chi connectivity index (χ1v) is 6.32. The van der Waals surface area contributed by atoms with Gasteiger partial charge >= 0.3 is 0 Å². The van der Waals surface area contributed by atoms with Gasteiger partial charge in [-0.25, -0.2) is 9.97 Å². The van der Waals surface area contributed by atoms with E-state index in [-0.39, 0.29) is 5.75 Å². The van der Waals surface area contributed by atoms with Crippen LogP contribution in [-0.2, 0) is 0 Å². The molecule has 0 saturated carbocycles. The van der Waals surface area contributed by atoms with Crippen molar-refractivity contribution in [1.29, 1.82) is 0 Å². The summed E-state index contributed by atoms with van der Waals surface area (Å²) in [6.07, 6.45) is 0. The fraction of sp³-hybridized carbons (Fsp3) is 0.0909. The quantitative estimate of drug-likeness (QED) is 0.384. The van der Waals surface area contributed by atoms with Gasteiger partial charge in [0, 0.05) is 5.69 Å². The van der Waals surface area contributed by atoms with Gasteiger partial charge in [-0.05, 0) is 41.6 Å². The molecule has 19 heavy (non-hydrogen) atoms. The smallest absolute Gasteiger partial charge is 0.299 e. The number of rotatable bonds is 4. The lowest BCUT2D eigenvalue weighted by Crippen LogP contribution is -2.10. The lowest BCUT2D eigenvalue weighted by Gasteiger charge is -2.09.